The van der Waals surface area contributed by atoms with E-state index in [4.69, 9.17) is 4.74 Å². The highest BCUT2D eigenvalue weighted by molar-refractivity contribution is 5.74. The maximum absolute atomic E-state index is 11.6. The molecular formula is C15H26O2. The number of carbonyl (C=O) groups excluding carboxylic acids is 1. The predicted molar refractivity (Wildman–Crippen MR) is 68.6 cm³/mol. The lowest BCUT2D eigenvalue weighted by molar-refractivity contribution is -0.145. The number of unbranched alkanes of at least 4 members (excludes halogenated alkanes) is 2. The van der Waals surface area contributed by atoms with Crippen LogP contribution in [-0.2, 0) is 9.53 Å². The Morgan fingerprint density at radius 3 is 2.88 bits per heavy atom. The third-order valence-corrected chi connectivity index (χ3v) is 4.92. The maximum Gasteiger partial charge on any atom is 0.309 e. The van der Waals surface area contributed by atoms with Gasteiger partial charge in [-0.05, 0) is 31.1 Å². The van der Waals surface area contributed by atoms with Crippen LogP contribution in [0.4, 0.5) is 0 Å². The molecule has 98 valence electrons. The molecule has 0 aromatic heterocycles. The molecule has 1 saturated heterocycles. The summed E-state index contributed by atoms with van der Waals surface area (Å²) in [5.74, 6) is 0.680. The summed E-state index contributed by atoms with van der Waals surface area (Å²) < 4.78 is 5.54. The molecule has 1 aliphatic heterocycles. The molecule has 0 aromatic rings. The zero-order valence-corrected chi connectivity index (χ0v) is 11.5. The largest absolute Gasteiger partial charge is 0.462 e. The fourth-order valence-electron chi connectivity index (χ4n) is 3.60. The molecule has 0 amide bonds. The van der Waals surface area contributed by atoms with Crippen molar-refractivity contribution in [1.82, 2.24) is 0 Å². The number of fused-ring (bicyclic) bond motifs is 1. The highest BCUT2D eigenvalue weighted by atomic mass is 16.6. The van der Waals surface area contributed by atoms with Gasteiger partial charge >= 0.3 is 5.97 Å². The monoisotopic (exact) mass is 238 g/mol. The molecule has 2 heteroatoms. The van der Waals surface area contributed by atoms with E-state index >= 15 is 0 Å². The van der Waals surface area contributed by atoms with Crippen LogP contribution in [0.1, 0.15) is 65.7 Å². The van der Waals surface area contributed by atoms with Gasteiger partial charge in [-0.25, -0.2) is 0 Å². The Hall–Kier alpha value is -0.530. The van der Waals surface area contributed by atoms with Crippen LogP contribution in [0.15, 0.2) is 0 Å². The summed E-state index contributed by atoms with van der Waals surface area (Å²) in [7, 11) is 0. The fourth-order valence-corrected chi connectivity index (χ4v) is 3.60. The van der Waals surface area contributed by atoms with Gasteiger partial charge in [0, 0.05) is 5.92 Å². The fraction of sp³-hybridized carbons (Fsp3) is 0.933. The smallest absolute Gasteiger partial charge is 0.309 e. The molecule has 0 spiro atoms. The third-order valence-electron chi connectivity index (χ3n) is 4.92. The van der Waals surface area contributed by atoms with Crippen molar-refractivity contribution in [2.24, 2.45) is 17.3 Å². The minimum atomic E-state index is 0.0396. The van der Waals surface area contributed by atoms with Crippen LogP contribution in [0.2, 0.25) is 0 Å². The van der Waals surface area contributed by atoms with Gasteiger partial charge in [-0.2, -0.15) is 0 Å². The molecule has 0 radical (unpaired) electrons. The first-order valence-electron chi connectivity index (χ1n) is 7.26. The minimum absolute atomic E-state index is 0.0396. The van der Waals surface area contributed by atoms with Crippen LogP contribution in [0.25, 0.3) is 0 Å². The molecule has 1 saturated carbocycles. The van der Waals surface area contributed by atoms with E-state index in [9.17, 15) is 4.79 Å². The lowest BCUT2D eigenvalue weighted by atomic mass is 9.66. The highest BCUT2D eigenvalue weighted by Gasteiger charge is 2.48. The second-order valence-corrected chi connectivity index (χ2v) is 6.44. The summed E-state index contributed by atoms with van der Waals surface area (Å²) in [6.45, 7) is 6.67. The molecule has 4 atom stereocenters. The van der Waals surface area contributed by atoms with Gasteiger partial charge in [0.15, 0.2) is 0 Å². The lowest BCUT2D eigenvalue weighted by Gasteiger charge is -2.39. The number of carbonyl (C=O) groups is 1. The summed E-state index contributed by atoms with van der Waals surface area (Å²) in [6.07, 6.45) is 9.02. The zero-order chi connectivity index (χ0) is 12.5. The van der Waals surface area contributed by atoms with Gasteiger partial charge in [0.05, 0.1) is 5.92 Å². The molecule has 1 heterocycles. The Bertz CT molecular complexity index is 287. The minimum Gasteiger partial charge on any atom is -0.462 e. The van der Waals surface area contributed by atoms with Crippen LogP contribution in [0, 0.1) is 17.3 Å². The first-order valence-corrected chi connectivity index (χ1v) is 7.26. The third kappa shape index (κ3) is 2.66. The first-order chi connectivity index (χ1) is 8.06. The highest BCUT2D eigenvalue weighted by Crippen LogP contribution is 2.48. The summed E-state index contributed by atoms with van der Waals surface area (Å²) in [6, 6.07) is 0. The molecule has 2 fully saturated rings. The van der Waals surface area contributed by atoms with Gasteiger partial charge in [0.1, 0.15) is 6.10 Å². The second-order valence-electron chi connectivity index (χ2n) is 6.44. The molecule has 1 aliphatic carbocycles. The SMILES string of the molecule is CCCCCC1(C)CC[C@@H]2C(C1)OC(=O)C2C. The van der Waals surface area contributed by atoms with Crippen LogP contribution < -0.4 is 0 Å². The summed E-state index contributed by atoms with van der Waals surface area (Å²) >= 11 is 0. The van der Waals surface area contributed by atoms with E-state index < -0.39 is 0 Å². The van der Waals surface area contributed by atoms with Crippen molar-refractivity contribution in [3.05, 3.63) is 0 Å². The Morgan fingerprint density at radius 2 is 2.18 bits per heavy atom. The standard InChI is InChI=1S/C15H26O2/c1-4-5-6-8-15(3)9-7-12-11(2)14(16)17-13(12)10-15/h11-13H,4-10H2,1-3H3/t11?,12-,13?,15?/m0/s1. The molecule has 2 aliphatic rings. The van der Waals surface area contributed by atoms with Crippen LogP contribution in [0.3, 0.4) is 0 Å². The average molecular weight is 238 g/mol. The van der Waals surface area contributed by atoms with Crippen molar-refractivity contribution in [2.45, 2.75) is 71.8 Å². The van der Waals surface area contributed by atoms with Crippen molar-refractivity contribution in [1.29, 1.82) is 0 Å². The van der Waals surface area contributed by atoms with Gasteiger partial charge in [0.25, 0.3) is 0 Å². The number of hydrogen-bond donors (Lipinski definition) is 0. The Morgan fingerprint density at radius 1 is 1.41 bits per heavy atom. The lowest BCUT2D eigenvalue weighted by Crippen LogP contribution is -2.34. The van der Waals surface area contributed by atoms with E-state index in [1.807, 2.05) is 6.92 Å². The number of ether oxygens (including phenoxy) is 1. The second kappa shape index (κ2) is 4.99. The van der Waals surface area contributed by atoms with Gasteiger partial charge in [-0.3, -0.25) is 4.79 Å². The number of hydrogen-bond acceptors (Lipinski definition) is 2. The van der Waals surface area contributed by atoms with Gasteiger partial charge in [-0.1, -0.05) is 40.0 Å². The predicted octanol–water partition coefficient (Wildman–Crippen LogP) is 3.93. The van der Waals surface area contributed by atoms with Gasteiger partial charge in [-0.15, -0.1) is 0 Å². The summed E-state index contributed by atoms with van der Waals surface area (Å²) in [4.78, 5) is 11.6. The first kappa shape index (κ1) is 12.9. The molecule has 2 nitrogen and oxygen atoms in total. The van der Waals surface area contributed by atoms with Crippen molar-refractivity contribution in [2.75, 3.05) is 0 Å². The van der Waals surface area contributed by atoms with Gasteiger partial charge in [0.2, 0.25) is 0 Å². The van der Waals surface area contributed by atoms with E-state index in [1.54, 1.807) is 0 Å². The van der Waals surface area contributed by atoms with Gasteiger partial charge < -0.3 is 4.74 Å². The van der Waals surface area contributed by atoms with Crippen molar-refractivity contribution >= 4 is 5.97 Å². The zero-order valence-electron chi connectivity index (χ0n) is 11.5. The summed E-state index contributed by atoms with van der Waals surface area (Å²) in [5.41, 5.74) is 0.417. The average Bonchev–Trinajstić information content (AvgIpc) is 2.54. The van der Waals surface area contributed by atoms with Crippen LogP contribution in [-0.4, -0.2) is 12.1 Å². The van der Waals surface area contributed by atoms with Crippen molar-refractivity contribution < 1.29 is 9.53 Å². The Kier molecular flexibility index (Phi) is 3.79. The quantitative estimate of drug-likeness (QED) is 0.548. The van der Waals surface area contributed by atoms with E-state index in [-0.39, 0.29) is 18.0 Å². The molecule has 2 rings (SSSR count). The molecular weight excluding hydrogens is 212 g/mol. The molecule has 0 bridgehead atoms. The van der Waals surface area contributed by atoms with Crippen molar-refractivity contribution in [3.8, 4) is 0 Å². The molecule has 0 aromatic carbocycles. The Balaban J connectivity index is 1.91. The normalized spacial score (nSPS) is 41.1. The molecule has 0 N–H and O–H groups in total. The van der Waals surface area contributed by atoms with E-state index in [0.29, 0.717) is 11.3 Å². The summed E-state index contributed by atoms with van der Waals surface area (Å²) in [5, 5.41) is 0. The van der Waals surface area contributed by atoms with Crippen LogP contribution >= 0.6 is 0 Å². The number of rotatable bonds is 4. The number of esters is 1. The van der Waals surface area contributed by atoms with Crippen molar-refractivity contribution in [3.63, 3.8) is 0 Å². The van der Waals surface area contributed by atoms with Crippen LogP contribution in [0.5, 0.6) is 0 Å². The molecule has 3 unspecified atom stereocenters. The topological polar surface area (TPSA) is 26.3 Å². The Labute approximate surface area is 105 Å². The van der Waals surface area contributed by atoms with E-state index in [1.165, 1.54) is 38.5 Å². The van der Waals surface area contributed by atoms with E-state index in [2.05, 4.69) is 13.8 Å². The maximum atomic E-state index is 11.6. The van der Waals surface area contributed by atoms with E-state index in [0.717, 1.165) is 6.42 Å². The molecule has 17 heavy (non-hydrogen) atoms.